The van der Waals surface area contributed by atoms with Crippen molar-refractivity contribution in [1.82, 2.24) is 20.6 Å². The van der Waals surface area contributed by atoms with Crippen LogP contribution in [0.4, 0.5) is 0 Å². The highest BCUT2D eigenvalue weighted by atomic mass is 16.7. The van der Waals surface area contributed by atoms with Crippen LogP contribution in [-0.4, -0.2) is 128 Å². The van der Waals surface area contributed by atoms with E-state index in [9.17, 15) is 19.8 Å². The fourth-order valence-electron chi connectivity index (χ4n) is 12.0. The zero-order valence-electron chi connectivity index (χ0n) is 34.0. The number of likely N-dealkylation sites (N-methyl/N-ethyl adjacent to an activating group) is 1. The second-order valence-electron chi connectivity index (χ2n) is 19.2. The molecule has 5 aliphatic carbocycles. The third kappa shape index (κ3) is 8.50. The molecule has 2 heterocycles. The molecule has 0 radical (unpaired) electrons. The number of carbonyl (C=O) groups excluding carboxylic acids is 2. The Labute approximate surface area is 318 Å². The van der Waals surface area contributed by atoms with Gasteiger partial charge in [0.25, 0.3) is 0 Å². The minimum Gasteiger partial charge on any atom is -0.394 e. The largest absolute Gasteiger partial charge is 0.394 e. The Morgan fingerprint density at radius 3 is 2.43 bits per heavy atom. The van der Waals surface area contributed by atoms with Gasteiger partial charge >= 0.3 is 0 Å². The van der Waals surface area contributed by atoms with Gasteiger partial charge in [0.1, 0.15) is 18.9 Å². The number of ether oxygens (including phenoxy) is 3. The Bertz CT molecular complexity index is 1240. The van der Waals surface area contributed by atoms with Crippen molar-refractivity contribution in [3.05, 3.63) is 0 Å². The molecule has 0 aromatic heterocycles. The van der Waals surface area contributed by atoms with Crippen molar-refractivity contribution >= 4 is 11.8 Å². The Kier molecular flexibility index (Phi) is 13.2. The summed E-state index contributed by atoms with van der Waals surface area (Å²) in [6.07, 6.45) is 5.51. The lowest BCUT2D eigenvalue weighted by atomic mass is 9.45. The number of hydroxylamine groups is 2. The van der Waals surface area contributed by atoms with Gasteiger partial charge in [-0.05, 0) is 107 Å². The fraction of sp³-hybridized carbons (Fsp3) is 0.951. The molecule has 2 bridgehead atoms. The molecule has 7 unspecified atom stereocenters. The van der Waals surface area contributed by atoms with Gasteiger partial charge in [-0.3, -0.25) is 14.4 Å². The normalized spacial score (nSPS) is 42.2. The van der Waals surface area contributed by atoms with E-state index in [0.717, 1.165) is 45.1 Å². The van der Waals surface area contributed by atoms with Crippen LogP contribution in [0.3, 0.4) is 0 Å². The first-order valence-corrected chi connectivity index (χ1v) is 20.9. The lowest BCUT2D eigenvalue weighted by Crippen LogP contribution is -2.62. The number of hydrogen-bond donors (Lipinski definition) is 4. The van der Waals surface area contributed by atoms with Crippen LogP contribution in [0.5, 0.6) is 0 Å². The third-order valence-electron chi connectivity index (χ3n) is 14.8. The highest BCUT2D eigenvalue weighted by Crippen LogP contribution is 2.61. The standard InChI is InChI=1S/C41H72N4O8/c1-22(2)13-28(19-44(7)8)42-39(48)30-14-26(15-33-38(30)52-21-51-33)29-12-10-11-25(37(29)50-9)18-45-36(35(24(4)47)34(20-46)53-45)40(49)43-32-17-27-16-31(23(32)3)41(27,5)6/h22-38,46-47H,10-21H2,1-9H3,(H,42,48)(H,43,49)/t23-,24-,25?,26?,27+,28-,29?,30?,31-,32-,33?,34-,35+,36-,37?,38?/m0/s1. The molecule has 5 saturated carbocycles. The number of carbonyl (C=O) groups is 2. The van der Waals surface area contributed by atoms with Crippen molar-refractivity contribution in [2.45, 2.75) is 142 Å². The molecule has 2 aliphatic heterocycles. The third-order valence-corrected chi connectivity index (χ3v) is 14.8. The van der Waals surface area contributed by atoms with E-state index in [1.165, 1.54) is 6.42 Å². The zero-order valence-corrected chi connectivity index (χ0v) is 34.0. The lowest BCUT2D eigenvalue weighted by Gasteiger charge is -2.62. The summed E-state index contributed by atoms with van der Waals surface area (Å²) in [5.41, 5.74) is 0.308. The first-order chi connectivity index (χ1) is 25.1. The van der Waals surface area contributed by atoms with Gasteiger partial charge in [0.15, 0.2) is 0 Å². The van der Waals surface area contributed by atoms with E-state index < -0.39 is 24.2 Å². The molecule has 12 nitrogen and oxygen atoms in total. The van der Waals surface area contributed by atoms with Crippen molar-refractivity contribution in [3.63, 3.8) is 0 Å². The van der Waals surface area contributed by atoms with E-state index in [4.69, 9.17) is 19.0 Å². The van der Waals surface area contributed by atoms with Crippen LogP contribution in [0, 0.1) is 58.7 Å². The van der Waals surface area contributed by atoms with Crippen LogP contribution in [0.2, 0.25) is 0 Å². The predicted molar refractivity (Wildman–Crippen MR) is 201 cm³/mol. The summed E-state index contributed by atoms with van der Waals surface area (Å²) >= 11 is 0. The summed E-state index contributed by atoms with van der Waals surface area (Å²) in [7, 11) is 5.86. The van der Waals surface area contributed by atoms with Gasteiger partial charge in [0, 0.05) is 44.1 Å². The first-order valence-electron chi connectivity index (χ1n) is 20.9. The van der Waals surface area contributed by atoms with Crippen LogP contribution in [0.25, 0.3) is 0 Å². The Morgan fingerprint density at radius 2 is 1.81 bits per heavy atom. The van der Waals surface area contributed by atoms with Crippen molar-refractivity contribution < 1.29 is 38.9 Å². The predicted octanol–water partition coefficient (Wildman–Crippen LogP) is 3.44. The average molecular weight is 749 g/mol. The van der Waals surface area contributed by atoms with E-state index in [1.807, 2.05) is 14.1 Å². The molecular formula is C41H72N4O8. The van der Waals surface area contributed by atoms with E-state index >= 15 is 0 Å². The number of aliphatic hydroxyl groups excluding tert-OH is 2. The summed E-state index contributed by atoms with van der Waals surface area (Å²) in [5.74, 6) is 1.54. The molecule has 4 N–H and O–H groups in total. The zero-order chi connectivity index (χ0) is 38.4. The summed E-state index contributed by atoms with van der Waals surface area (Å²) in [5, 5.41) is 30.0. The molecule has 0 spiro atoms. The van der Waals surface area contributed by atoms with Crippen molar-refractivity contribution in [2.24, 2.45) is 58.7 Å². The first kappa shape index (κ1) is 41.3. The SMILES string of the molecule is COC1C(CN2O[C@@H](CO)[C@@H]([C@H](C)O)[C@H]2C(=O)N[C@H]2C[C@H]3C[C@@H]([C@@H]2C)C3(C)C)CCCC1C1CC2OCOC2C(C(=O)N[C@@H](CC(C)C)CN(C)C)C1. The van der Waals surface area contributed by atoms with Gasteiger partial charge in [0.2, 0.25) is 11.8 Å². The van der Waals surface area contributed by atoms with Crippen LogP contribution in [0.1, 0.15) is 92.9 Å². The molecule has 16 atom stereocenters. The number of nitrogens with one attached hydrogen (secondary N) is 2. The summed E-state index contributed by atoms with van der Waals surface area (Å²) in [4.78, 5) is 36.9. The van der Waals surface area contributed by atoms with Crippen molar-refractivity contribution in [3.8, 4) is 0 Å². The van der Waals surface area contributed by atoms with Gasteiger partial charge in [-0.2, -0.15) is 5.06 Å². The summed E-state index contributed by atoms with van der Waals surface area (Å²) in [6, 6.07) is -0.584. The Balaban J connectivity index is 1.17. The van der Waals surface area contributed by atoms with E-state index in [-0.39, 0.29) is 79.3 Å². The maximum atomic E-state index is 14.3. The maximum Gasteiger partial charge on any atom is 0.240 e. The minimum atomic E-state index is -0.842. The molecule has 304 valence electrons. The second-order valence-corrected chi connectivity index (χ2v) is 19.2. The molecule has 12 heteroatoms. The highest BCUT2D eigenvalue weighted by Gasteiger charge is 2.58. The smallest absolute Gasteiger partial charge is 0.240 e. The Hall–Kier alpha value is -1.38. The molecule has 7 fully saturated rings. The molecule has 53 heavy (non-hydrogen) atoms. The van der Waals surface area contributed by atoms with Gasteiger partial charge in [-0.15, -0.1) is 0 Å². The minimum absolute atomic E-state index is 0.0516. The molecule has 7 rings (SSSR count). The monoisotopic (exact) mass is 749 g/mol. The van der Waals surface area contributed by atoms with Crippen molar-refractivity contribution in [1.29, 1.82) is 0 Å². The number of hydrogen-bond acceptors (Lipinski definition) is 10. The van der Waals surface area contributed by atoms with Gasteiger partial charge in [-0.1, -0.05) is 41.0 Å². The van der Waals surface area contributed by atoms with Gasteiger partial charge < -0.3 is 40.0 Å². The van der Waals surface area contributed by atoms with Crippen LogP contribution in [-0.2, 0) is 28.6 Å². The van der Waals surface area contributed by atoms with Gasteiger partial charge in [-0.25, -0.2) is 0 Å². The lowest BCUT2D eigenvalue weighted by molar-refractivity contribution is -0.193. The average Bonchev–Trinajstić information content (AvgIpc) is 3.72. The quantitative estimate of drug-likeness (QED) is 0.209. The van der Waals surface area contributed by atoms with Crippen LogP contribution in [0.15, 0.2) is 0 Å². The number of methoxy groups -OCH3 is 1. The highest BCUT2D eigenvalue weighted by molar-refractivity contribution is 5.83. The van der Waals surface area contributed by atoms with Crippen molar-refractivity contribution in [2.75, 3.05) is 47.7 Å². The molecule has 7 aliphatic rings. The van der Waals surface area contributed by atoms with Crippen LogP contribution < -0.4 is 10.6 Å². The number of amides is 2. The molecule has 0 aromatic rings. The number of nitrogens with zero attached hydrogens (tertiary/aromatic N) is 2. The van der Waals surface area contributed by atoms with Crippen LogP contribution >= 0.6 is 0 Å². The maximum absolute atomic E-state index is 14.3. The van der Waals surface area contributed by atoms with E-state index in [2.05, 4.69) is 50.2 Å². The molecular weight excluding hydrogens is 676 g/mol. The summed E-state index contributed by atoms with van der Waals surface area (Å²) < 4.78 is 18.6. The fourth-order valence-corrected chi connectivity index (χ4v) is 12.0. The van der Waals surface area contributed by atoms with E-state index in [1.54, 1.807) is 19.1 Å². The Morgan fingerprint density at radius 1 is 1.06 bits per heavy atom. The van der Waals surface area contributed by atoms with E-state index in [0.29, 0.717) is 42.1 Å². The molecule has 2 saturated heterocycles. The molecule has 0 aromatic carbocycles. The summed E-state index contributed by atoms with van der Waals surface area (Å²) in [6.45, 7) is 14.2. The van der Waals surface area contributed by atoms with Gasteiger partial charge in [0.05, 0.1) is 36.9 Å². The number of rotatable bonds is 14. The topological polar surface area (TPSA) is 142 Å². The number of fused-ring (bicyclic) bond motifs is 3. The number of aliphatic hydroxyl groups is 2. The second kappa shape index (κ2) is 17.0. The molecule has 2 amide bonds.